The molecule has 0 aliphatic carbocycles. The Kier molecular flexibility index (Phi) is 3.68. The molecule has 0 unspecified atom stereocenters. The molecule has 3 heteroatoms. The molecule has 0 aliphatic heterocycles. The number of ether oxygens (including phenoxy) is 1. The fraction of sp³-hybridized carbons (Fsp3) is 0.133. The lowest BCUT2D eigenvalue weighted by Gasteiger charge is -2.11. The summed E-state index contributed by atoms with van der Waals surface area (Å²) in [6.07, 6.45) is 0.828. The highest BCUT2D eigenvalue weighted by Crippen LogP contribution is 2.34. The van der Waals surface area contributed by atoms with Crippen LogP contribution in [0.25, 0.3) is 11.1 Å². The molecule has 0 aromatic heterocycles. The summed E-state index contributed by atoms with van der Waals surface area (Å²) in [5.41, 5.74) is 3.62. The summed E-state index contributed by atoms with van der Waals surface area (Å²) in [4.78, 5) is 10.6. The average Bonchev–Trinajstić information content (AvgIpc) is 2.41. The molecule has 2 nitrogen and oxygen atoms in total. The van der Waals surface area contributed by atoms with Crippen molar-refractivity contribution in [1.29, 1.82) is 0 Å². The maximum atomic E-state index is 10.6. The molecule has 0 aliphatic rings. The quantitative estimate of drug-likeness (QED) is 0.776. The van der Waals surface area contributed by atoms with Crippen molar-refractivity contribution in [3.63, 3.8) is 0 Å². The van der Waals surface area contributed by atoms with Crippen molar-refractivity contribution in [2.75, 3.05) is 7.11 Å². The fourth-order valence-corrected chi connectivity index (χ4v) is 1.95. The minimum absolute atomic E-state index is 0.656. The number of benzene rings is 2. The van der Waals surface area contributed by atoms with Crippen LogP contribution in [0.15, 0.2) is 36.4 Å². The van der Waals surface area contributed by atoms with E-state index in [4.69, 9.17) is 16.3 Å². The molecular formula is C15H13ClO2. The highest BCUT2D eigenvalue weighted by Gasteiger charge is 2.09. The highest BCUT2D eigenvalue weighted by atomic mass is 35.5. The van der Waals surface area contributed by atoms with Crippen LogP contribution in [0.5, 0.6) is 5.75 Å². The van der Waals surface area contributed by atoms with Crippen LogP contribution in [-0.4, -0.2) is 13.4 Å². The summed E-state index contributed by atoms with van der Waals surface area (Å²) in [6.45, 7) is 1.95. The van der Waals surface area contributed by atoms with Crippen molar-refractivity contribution in [3.05, 3.63) is 52.5 Å². The Morgan fingerprint density at radius 3 is 2.39 bits per heavy atom. The molecule has 92 valence electrons. The van der Waals surface area contributed by atoms with Gasteiger partial charge < -0.3 is 4.74 Å². The van der Waals surface area contributed by atoms with E-state index in [0.29, 0.717) is 10.6 Å². The van der Waals surface area contributed by atoms with Gasteiger partial charge in [0.25, 0.3) is 0 Å². The summed E-state index contributed by atoms with van der Waals surface area (Å²) in [7, 11) is 1.62. The normalized spacial score (nSPS) is 10.2. The van der Waals surface area contributed by atoms with E-state index in [2.05, 4.69) is 0 Å². The maximum absolute atomic E-state index is 10.6. The van der Waals surface area contributed by atoms with E-state index in [0.717, 1.165) is 28.7 Å². The van der Waals surface area contributed by atoms with Gasteiger partial charge in [-0.15, -0.1) is 0 Å². The molecule has 0 bridgehead atoms. The average molecular weight is 261 g/mol. The lowest BCUT2D eigenvalue weighted by Crippen LogP contribution is -1.90. The molecule has 2 rings (SSSR count). The number of carbonyl (C=O) groups is 1. The zero-order valence-corrected chi connectivity index (χ0v) is 11.0. The van der Waals surface area contributed by atoms with E-state index in [-0.39, 0.29) is 0 Å². The molecule has 0 saturated carbocycles. The second kappa shape index (κ2) is 5.23. The second-order valence-electron chi connectivity index (χ2n) is 4.04. The zero-order chi connectivity index (χ0) is 13.1. The van der Waals surface area contributed by atoms with E-state index < -0.39 is 0 Å². The van der Waals surface area contributed by atoms with E-state index in [9.17, 15) is 4.79 Å². The first kappa shape index (κ1) is 12.7. The number of aryl methyl sites for hydroxylation is 1. The van der Waals surface area contributed by atoms with Gasteiger partial charge in [0.2, 0.25) is 0 Å². The summed E-state index contributed by atoms with van der Waals surface area (Å²) < 4.78 is 5.34. The molecule has 0 atom stereocenters. The molecule has 0 radical (unpaired) electrons. The van der Waals surface area contributed by atoms with Gasteiger partial charge in [-0.2, -0.15) is 0 Å². The SMILES string of the molecule is COc1cc(Cl)c(C)cc1-c1ccc(C=O)cc1. The Morgan fingerprint density at radius 1 is 1.17 bits per heavy atom. The number of aldehydes is 1. The Morgan fingerprint density at radius 2 is 1.83 bits per heavy atom. The third-order valence-corrected chi connectivity index (χ3v) is 3.25. The van der Waals surface area contributed by atoms with Gasteiger partial charge in [0.05, 0.1) is 7.11 Å². The number of hydrogen-bond donors (Lipinski definition) is 0. The van der Waals surface area contributed by atoms with Crippen LogP contribution < -0.4 is 4.74 Å². The van der Waals surface area contributed by atoms with Crippen molar-refractivity contribution in [1.82, 2.24) is 0 Å². The van der Waals surface area contributed by atoms with E-state index in [1.807, 2.05) is 25.1 Å². The summed E-state index contributed by atoms with van der Waals surface area (Å²) in [5.74, 6) is 0.726. The van der Waals surface area contributed by atoms with Crippen LogP contribution >= 0.6 is 11.6 Å². The monoisotopic (exact) mass is 260 g/mol. The van der Waals surface area contributed by atoms with Gasteiger partial charge in [0, 0.05) is 16.1 Å². The topological polar surface area (TPSA) is 26.3 Å². The van der Waals surface area contributed by atoms with Gasteiger partial charge in [-0.05, 0) is 30.2 Å². The van der Waals surface area contributed by atoms with Crippen molar-refractivity contribution >= 4 is 17.9 Å². The Bertz CT molecular complexity index is 574. The van der Waals surface area contributed by atoms with Gasteiger partial charge in [-0.3, -0.25) is 4.79 Å². The van der Waals surface area contributed by atoms with Crippen LogP contribution in [0.4, 0.5) is 0 Å². The fourth-order valence-electron chi connectivity index (χ4n) is 1.80. The predicted molar refractivity (Wildman–Crippen MR) is 73.6 cm³/mol. The molecule has 0 N–H and O–H groups in total. The van der Waals surface area contributed by atoms with Gasteiger partial charge in [-0.25, -0.2) is 0 Å². The van der Waals surface area contributed by atoms with E-state index in [1.54, 1.807) is 25.3 Å². The largest absolute Gasteiger partial charge is 0.496 e. The van der Waals surface area contributed by atoms with Gasteiger partial charge >= 0.3 is 0 Å². The summed E-state index contributed by atoms with van der Waals surface area (Å²) in [6, 6.07) is 11.2. The number of rotatable bonds is 3. The third kappa shape index (κ3) is 2.39. The Labute approximate surface area is 111 Å². The van der Waals surface area contributed by atoms with Crippen molar-refractivity contribution in [2.24, 2.45) is 0 Å². The molecule has 18 heavy (non-hydrogen) atoms. The van der Waals surface area contributed by atoms with Crippen LogP contribution in [0.1, 0.15) is 15.9 Å². The second-order valence-corrected chi connectivity index (χ2v) is 4.45. The minimum Gasteiger partial charge on any atom is -0.496 e. The number of carbonyl (C=O) groups excluding carboxylic acids is 1. The smallest absolute Gasteiger partial charge is 0.150 e. The minimum atomic E-state index is 0.656. The van der Waals surface area contributed by atoms with Gasteiger partial charge in [0.1, 0.15) is 12.0 Å². The van der Waals surface area contributed by atoms with Crippen LogP contribution in [0.3, 0.4) is 0 Å². The molecule has 2 aromatic rings. The maximum Gasteiger partial charge on any atom is 0.150 e. The zero-order valence-electron chi connectivity index (χ0n) is 10.2. The molecule has 2 aromatic carbocycles. The lowest BCUT2D eigenvalue weighted by atomic mass is 10.0. The third-order valence-electron chi connectivity index (χ3n) is 2.84. The van der Waals surface area contributed by atoms with Gasteiger partial charge in [0.15, 0.2) is 0 Å². The molecule has 0 spiro atoms. The van der Waals surface area contributed by atoms with Crippen LogP contribution in [0.2, 0.25) is 5.02 Å². The highest BCUT2D eigenvalue weighted by molar-refractivity contribution is 6.31. The molecule has 0 amide bonds. The van der Waals surface area contributed by atoms with Crippen molar-refractivity contribution < 1.29 is 9.53 Å². The Hall–Kier alpha value is -1.80. The first-order chi connectivity index (χ1) is 8.65. The van der Waals surface area contributed by atoms with Crippen LogP contribution in [0, 0.1) is 6.92 Å². The lowest BCUT2D eigenvalue weighted by molar-refractivity contribution is 0.112. The van der Waals surface area contributed by atoms with Gasteiger partial charge in [-0.1, -0.05) is 35.9 Å². The van der Waals surface area contributed by atoms with Crippen molar-refractivity contribution in [2.45, 2.75) is 6.92 Å². The number of methoxy groups -OCH3 is 1. The summed E-state index contributed by atoms with van der Waals surface area (Å²) in [5, 5.41) is 0.681. The summed E-state index contributed by atoms with van der Waals surface area (Å²) >= 11 is 6.07. The molecule has 0 heterocycles. The van der Waals surface area contributed by atoms with E-state index >= 15 is 0 Å². The molecule has 0 fully saturated rings. The molecule has 0 saturated heterocycles. The first-order valence-electron chi connectivity index (χ1n) is 5.55. The molecular weight excluding hydrogens is 248 g/mol. The standard InChI is InChI=1S/C15H13ClO2/c1-10-7-13(15(18-2)8-14(10)16)12-5-3-11(9-17)4-6-12/h3-9H,1-2H3. The van der Waals surface area contributed by atoms with E-state index in [1.165, 1.54) is 0 Å². The first-order valence-corrected chi connectivity index (χ1v) is 5.93. The number of hydrogen-bond acceptors (Lipinski definition) is 2. The Balaban J connectivity index is 2.54. The predicted octanol–water partition coefficient (Wildman–Crippen LogP) is 4.14. The number of halogens is 1. The van der Waals surface area contributed by atoms with Crippen molar-refractivity contribution in [3.8, 4) is 16.9 Å². The van der Waals surface area contributed by atoms with Crippen LogP contribution in [-0.2, 0) is 0 Å².